The highest BCUT2D eigenvalue weighted by molar-refractivity contribution is 7.13. The number of carbonyl (C=O) groups is 1. The van der Waals surface area contributed by atoms with Gasteiger partial charge >= 0.3 is 0 Å². The number of aryl methyl sites for hydroxylation is 1. The molecule has 1 aromatic heterocycles. The summed E-state index contributed by atoms with van der Waals surface area (Å²) in [6, 6.07) is 5.79. The highest BCUT2D eigenvalue weighted by atomic mass is 32.1. The third-order valence-corrected chi connectivity index (χ3v) is 3.28. The number of thiazole rings is 1. The summed E-state index contributed by atoms with van der Waals surface area (Å²) in [5.41, 5.74) is 8.85. The van der Waals surface area contributed by atoms with E-state index in [-0.39, 0.29) is 5.91 Å². The maximum atomic E-state index is 11.9. The summed E-state index contributed by atoms with van der Waals surface area (Å²) in [6.45, 7) is 3.98. The van der Waals surface area contributed by atoms with Crippen LogP contribution in [0.3, 0.4) is 0 Å². The van der Waals surface area contributed by atoms with Crippen LogP contribution >= 0.6 is 11.3 Å². The van der Waals surface area contributed by atoms with Crippen LogP contribution in [0.1, 0.15) is 21.6 Å². The van der Waals surface area contributed by atoms with Crippen LogP contribution in [-0.4, -0.2) is 10.9 Å². The summed E-state index contributed by atoms with van der Waals surface area (Å²) in [7, 11) is 0. The van der Waals surface area contributed by atoms with Gasteiger partial charge in [-0.2, -0.15) is 0 Å². The molecule has 2 aromatic rings. The molecule has 5 heteroatoms. The molecule has 0 radical (unpaired) electrons. The summed E-state index contributed by atoms with van der Waals surface area (Å²) >= 11 is 1.26. The Kier molecular flexibility index (Phi) is 3.10. The second-order valence-electron chi connectivity index (χ2n) is 3.77. The van der Waals surface area contributed by atoms with Crippen LogP contribution in [0.5, 0.6) is 0 Å². The number of anilines is 2. The third kappa shape index (κ3) is 2.45. The number of nitrogens with zero attached hydrogens (tertiary/aromatic N) is 1. The van der Waals surface area contributed by atoms with E-state index in [0.717, 1.165) is 16.8 Å². The van der Waals surface area contributed by atoms with E-state index < -0.39 is 0 Å². The second kappa shape index (κ2) is 4.55. The molecular formula is C12H13N3OS. The summed E-state index contributed by atoms with van der Waals surface area (Å²) < 4.78 is 0. The van der Waals surface area contributed by atoms with Gasteiger partial charge in [-0.05, 0) is 31.0 Å². The van der Waals surface area contributed by atoms with E-state index in [2.05, 4.69) is 10.3 Å². The summed E-state index contributed by atoms with van der Waals surface area (Å²) in [5.74, 6) is -0.230. The standard InChI is InChI=1S/C12H13N3OS/c1-7-4-3-5-9(8(7)2)14-11(16)10-6-17-12(13)15-10/h3-6H,1-2H3,(H2,13,15)(H,14,16). The van der Waals surface area contributed by atoms with Gasteiger partial charge in [0.2, 0.25) is 0 Å². The van der Waals surface area contributed by atoms with Crippen molar-refractivity contribution >= 4 is 28.1 Å². The smallest absolute Gasteiger partial charge is 0.275 e. The van der Waals surface area contributed by atoms with Crippen molar-refractivity contribution in [2.24, 2.45) is 0 Å². The average Bonchev–Trinajstić information content (AvgIpc) is 2.72. The van der Waals surface area contributed by atoms with Gasteiger partial charge in [-0.1, -0.05) is 12.1 Å². The quantitative estimate of drug-likeness (QED) is 0.857. The monoisotopic (exact) mass is 247 g/mol. The predicted molar refractivity (Wildman–Crippen MR) is 70.4 cm³/mol. The number of nitrogens with two attached hydrogens (primary N) is 1. The van der Waals surface area contributed by atoms with Gasteiger partial charge in [-0.3, -0.25) is 4.79 Å². The number of nitrogen functional groups attached to an aromatic ring is 1. The Morgan fingerprint density at radius 1 is 1.41 bits per heavy atom. The van der Waals surface area contributed by atoms with Gasteiger partial charge in [0.05, 0.1) is 0 Å². The number of nitrogens with one attached hydrogen (secondary N) is 1. The van der Waals surface area contributed by atoms with Crippen LogP contribution < -0.4 is 11.1 Å². The minimum absolute atomic E-state index is 0.230. The fourth-order valence-corrected chi connectivity index (χ4v) is 2.01. The molecule has 1 aromatic carbocycles. The van der Waals surface area contributed by atoms with Gasteiger partial charge in [0, 0.05) is 11.1 Å². The Bertz CT molecular complexity index is 563. The zero-order chi connectivity index (χ0) is 12.4. The summed E-state index contributed by atoms with van der Waals surface area (Å²) in [4.78, 5) is 15.8. The van der Waals surface area contributed by atoms with Crippen LogP contribution in [0.15, 0.2) is 23.6 Å². The van der Waals surface area contributed by atoms with E-state index in [9.17, 15) is 4.79 Å². The van der Waals surface area contributed by atoms with Crippen LogP contribution in [0.2, 0.25) is 0 Å². The fourth-order valence-electron chi connectivity index (χ4n) is 1.46. The summed E-state index contributed by atoms with van der Waals surface area (Å²) in [6.07, 6.45) is 0. The van der Waals surface area contributed by atoms with Gasteiger partial charge in [0.25, 0.3) is 5.91 Å². The molecule has 17 heavy (non-hydrogen) atoms. The number of benzene rings is 1. The molecule has 1 amide bonds. The first kappa shape index (κ1) is 11.6. The Hall–Kier alpha value is -1.88. The first-order valence-electron chi connectivity index (χ1n) is 5.16. The Morgan fingerprint density at radius 2 is 2.18 bits per heavy atom. The Balaban J connectivity index is 2.21. The highest BCUT2D eigenvalue weighted by Crippen LogP contribution is 2.19. The second-order valence-corrected chi connectivity index (χ2v) is 4.66. The highest BCUT2D eigenvalue weighted by Gasteiger charge is 2.11. The van der Waals surface area contributed by atoms with Crippen LogP contribution in [0, 0.1) is 13.8 Å². The van der Waals surface area contributed by atoms with E-state index in [4.69, 9.17) is 5.73 Å². The van der Waals surface area contributed by atoms with E-state index in [1.807, 2.05) is 32.0 Å². The van der Waals surface area contributed by atoms with Crippen molar-refractivity contribution in [3.63, 3.8) is 0 Å². The SMILES string of the molecule is Cc1cccc(NC(=O)c2csc(N)n2)c1C. The molecule has 0 aliphatic heterocycles. The number of rotatable bonds is 2. The molecule has 1 heterocycles. The van der Waals surface area contributed by atoms with E-state index in [0.29, 0.717) is 10.8 Å². The van der Waals surface area contributed by atoms with Gasteiger partial charge in [0.1, 0.15) is 5.69 Å². The van der Waals surface area contributed by atoms with E-state index in [1.54, 1.807) is 5.38 Å². The number of hydrogen-bond donors (Lipinski definition) is 2. The predicted octanol–water partition coefficient (Wildman–Crippen LogP) is 2.59. The number of carbonyl (C=O) groups excluding carboxylic acids is 1. The average molecular weight is 247 g/mol. The Labute approximate surface area is 103 Å². The molecule has 0 saturated carbocycles. The van der Waals surface area contributed by atoms with Crippen molar-refractivity contribution < 1.29 is 4.79 Å². The van der Waals surface area contributed by atoms with Crippen LogP contribution in [0.25, 0.3) is 0 Å². The molecular weight excluding hydrogens is 234 g/mol. The lowest BCUT2D eigenvalue weighted by Gasteiger charge is -2.08. The van der Waals surface area contributed by atoms with Gasteiger partial charge in [0.15, 0.2) is 5.13 Å². The fraction of sp³-hybridized carbons (Fsp3) is 0.167. The number of aromatic nitrogens is 1. The third-order valence-electron chi connectivity index (χ3n) is 2.61. The van der Waals surface area contributed by atoms with Gasteiger partial charge in [-0.15, -0.1) is 11.3 Å². The lowest BCUT2D eigenvalue weighted by Crippen LogP contribution is -2.13. The van der Waals surface area contributed by atoms with Gasteiger partial charge < -0.3 is 11.1 Å². The molecule has 0 saturated heterocycles. The molecule has 3 N–H and O–H groups in total. The van der Waals surface area contributed by atoms with Crippen LogP contribution in [0.4, 0.5) is 10.8 Å². The molecule has 0 atom stereocenters. The van der Waals surface area contributed by atoms with Crippen molar-refractivity contribution in [1.82, 2.24) is 4.98 Å². The maximum absolute atomic E-state index is 11.9. The molecule has 0 fully saturated rings. The molecule has 0 bridgehead atoms. The largest absolute Gasteiger partial charge is 0.375 e. The lowest BCUT2D eigenvalue weighted by atomic mass is 10.1. The van der Waals surface area contributed by atoms with Crippen molar-refractivity contribution in [1.29, 1.82) is 0 Å². The van der Waals surface area contributed by atoms with E-state index in [1.165, 1.54) is 11.3 Å². The normalized spacial score (nSPS) is 10.2. The number of amides is 1. The zero-order valence-electron chi connectivity index (χ0n) is 9.65. The molecule has 0 spiro atoms. The van der Waals surface area contributed by atoms with Crippen LogP contribution in [-0.2, 0) is 0 Å². The minimum atomic E-state index is -0.230. The van der Waals surface area contributed by atoms with Crippen molar-refractivity contribution in [2.75, 3.05) is 11.1 Å². The summed E-state index contributed by atoms with van der Waals surface area (Å²) in [5, 5.41) is 4.88. The van der Waals surface area contributed by atoms with Crippen molar-refractivity contribution in [3.8, 4) is 0 Å². The van der Waals surface area contributed by atoms with E-state index >= 15 is 0 Å². The zero-order valence-corrected chi connectivity index (χ0v) is 10.5. The minimum Gasteiger partial charge on any atom is -0.375 e. The maximum Gasteiger partial charge on any atom is 0.275 e. The Morgan fingerprint density at radius 3 is 2.82 bits per heavy atom. The van der Waals surface area contributed by atoms with Gasteiger partial charge in [-0.25, -0.2) is 4.98 Å². The molecule has 0 unspecified atom stereocenters. The molecule has 0 aliphatic carbocycles. The lowest BCUT2D eigenvalue weighted by molar-refractivity contribution is 0.102. The number of hydrogen-bond acceptors (Lipinski definition) is 4. The molecule has 88 valence electrons. The molecule has 0 aliphatic rings. The topological polar surface area (TPSA) is 68.0 Å². The molecule has 2 rings (SSSR count). The first-order valence-corrected chi connectivity index (χ1v) is 6.04. The molecule has 4 nitrogen and oxygen atoms in total. The van der Waals surface area contributed by atoms with Crippen molar-refractivity contribution in [2.45, 2.75) is 13.8 Å². The van der Waals surface area contributed by atoms with Crippen molar-refractivity contribution in [3.05, 3.63) is 40.4 Å². The first-order chi connectivity index (χ1) is 8.08.